The highest BCUT2D eigenvalue weighted by atomic mass is 35.5. The fourth-order valence-electron chi connectivity index (χ4n) is 0.939. The molecule has 13 heavy (non-hydrogen) atoms. The Balaban J connectivity index is 0.00000144. The van der Waals surface area contributed by atoms with Crippen LogP contribution in [-0.4, -0.2) is 13.1 Å². The summed E-state index contributed by atoms with van der Waals surface area (Å²) in [4.78, 5) is 10.3. The zero-order valence-electron chi connectivity index (χ0n) is 7.09. The summed E-state index contributed by atoms with van der Waals surface area (Å²) in [6.07, 6.45) is 0. The van der Waals surface area contributed by atoms with E-state index in [-0.39, 0.29) is 12.4 Å². The SMILES string of the molecule is Cl.NCCN(N=O)c1ccccc1. The minimum absolute atomic E-state index is 0. The molecule has 5 heteroatoms. The minimum Gasteiger partial charge on any atom is -0.329 e. The number of nitrogens with two attached hydrogens (primary N) is 1. The first kappa shape index (κ1) is 11.9. The Kier molecular flexibility index (Phi) is 5.84. The second kappa shape index (κ2) is 6.39. The molecule has 2 N–H and O–H groups in total. The van der Waals surface area contributed by atoms with Gasteiger partial charge < -0.3 is 5.73 Å². The third kappa shape index (κ3) is 3.40. The number of para-hydroxylation sites is 1. The van der Waals surface area contributed by atoms with Crippen LogP contribution in [0.3, 0.4) is 0 Å². The summed E-state index contributed by atoms with van der Waals surface area (Å²) in [6.45, 7) is 0.869. The molecule has 0 aliphatic heterocycles. The Labute approximate surface area is 83.1 Å². The number of nitroso groups, excluding NO2 is 1. The largest absolute Gasteiger partial charge is 0.329 e. The first-order chi connectivity index (χ1) is 5.88. The van der Waals surface area contributed by atoms with Gasteiger partial charge in [0.05, 0.1) is 17.5 Å². The molecule has 0 bridgehead atoms. The van der Waals surface area contributed by atoms with E-state index in [2.05, 4.69) is 5.29 Å². The van der Waals surface area contributed by atoms with E-state index in [1.54, 1.807) is 0 Å². The lowest BCUT2D eigenvalue weighted by Gasteiger charge is -2.12. The number of hydrogen-bond acceptors (Lipinski definition) is 3. The fourth-order valence-corrected chi connectivity index (χ4v) is 0.939. The van der Waals surface area contributed by atoms with Crippen LogP contribution in [-0.2, 0) is 0 Å². The second-order valence-corrected chi connectivity index (χ2v) is 2.33. The van der Waals surface area contributed by atoms with Crippen molar-refractivity contribution in [2.24, 2.45) is 11.0 Å². The van der Waals surface area contributed by atoms with Crippen LogP contribution in [0.15, 0.2) is 35.6 Å². The predicted octanol–water partition coefficient (Wildman–Crippen LogP) is 1.55. The molecule has 0 aliphatic rings. The minimum atomic E-state index is 0. The van der Waals surface area contributed by atoms with Gasteiger partial charge in [0.25, 0.3) is 0 Å². The molecule has 0 radical (unpaired) electrons. The maximum Gasteiger partial charge on any atom is 0.0626 e. The molecule has 0 aliphatic carbocycles. The zero-order valence-corrected chi connectivity index (χ0v) is 7.91. The van der Waals surface area contributed by atoms with Gasteiger partial charge in [-0.1, -0.05) is 18.2 Å². The Bertz CT molecular complexity index is 242. The smallest absolute Gasteiger partial charge is 0.0626 e. The quantitative estimate of drug-likeness (QED) is 0.594. The lowest BCUT2D eigenvalue weighted by atomic mass is 10.3. The van der Waals surface area contributed by atoms with E-state index in [1.165, 1.54) is 5.01 Å². The average molecular weight is 202 g/mol. The highest BCUT2D eigenvalue weighted by molar-refractivity contribution is 5.85. The van der Waals surface area contributed by atoms with Crippen LogP contribution in [0.2, 0.25) is 0 Å². The van der Waals surface area contributed by atoms with Crippen molar-refractivity contribution in [2.75, 3.05) is 18.1 Å². The molecule has 1 aromatic carbocycles. The topological polar surface area (TPSA) is 58.7 Å². The molecule has 0 aromatic heterocycles. The maximum atomic E-state index is 10.3. The molecular weight excluding hydrogens is 190 g/mol. The van der Waals surface area contributed by atoms with Crippen LogP contribution >= 0.6 is 12.4 Å². The Morgan fingerprint density at radius 3 is 2.38 bits per heavy atom. The highest BCUT2D eigenvalue weighted by Gasteiger charge is 2.02. The standard InChI is InChI=1S/C8H11N3O.ClH/c9-6-7-11(10-12)8-4-2-1-3-5-8;/h1-5H,6-7,9H2;1H. The summed E-state index contributed by atoms with van der Waals surface area (Å²) < 4.78 is 0. The molecule has 0 amide bonds. The normalized spacial score (nSPS) is 8.69. The first-order valence-electron chi connectivity index (χ1n) is 3.74. The van der Waals surface area contributed by atoms with Crippen LogP contribution in [0, 0.1) is 4.91 Å². The molecule has 0 saturated carbocycles. The predicted molar refractivity (Wildman–Crippen MR) is 55.9 cm³/mol. The van der Waals surface area contributed by atoms with Gasteiger partial charge in [-0.15, -0.1) is 17.3 Å². The molecular formula is C8H12ClN3O. The van der Waals surface area contributed by atoms with E-state index in [0.29, 0.717) is 13.1 Å². The van der Waals surface area contributed by atoms with Crippen molar-refractivity contribution in [3.8, 4) is 0 Å². The van der Waals surface area contributed by atoms with E-state index in [4.69, 9.17) is 5.73 Å². The van der Waals surface area contributed by atoms with Gasteiger partial charge in [0.1, 0.15) is 0 Å². The van der Waals surface area contributed by atoms with E-state index >= 15 is 0 Å². The summed E-state index contributed by atoms with van der Waals surface area (Å²) in [5, 5.41) is 4.18. The Morgan fingerprint density at radius 2 is 1.92 bits per heavy atom. The monoisotopic (exact) mass is 201 g/mol. The Morgan fingerprint density at radius 1 is 1.31 bits per heavy atom. The van der Waals surface area contributed by atoms with Crippen LogP contribution in [0.5, 0.6) is 0 Å². The summed E-state index contributed by atoms with van der Waals surface area (Å²) in [7, 11) is 0. The van der Waals surface area contributed by atoms with Crippen molar-refractivity contribution in [1.82, 2.24) is 0 Å². The third-order valence-electron chi connectivity index (χ3n) is 1.49. The Hall–Kier alpha value is -1.13. The van der Waals surface area contributed by atoms with E-state index in [0.717, 1.165) is 5.69 Å². The molecule has 4 nitrogen and oxygen atoms in total. The third-order valence-corrected chi connectivity index (χ3v) is 1.49. The molecule has 0 fully saturated rings. The summed E-state index contributed by atoms with van der Waals surface area (Å²) >= 11 is 0. The average Bonchev–Trinajstić information content (AvgIpc) is 2.15. The van der Waals surface area contributed by atoms with E-state index in [9.17, 15) is 4.91 Å². The number of hydrogen-bond donors (Lipinski definition) is 1. The van der Waals surface area contributed by atoms with Gasteiger partial charge in [0, 0.05) is 6.54 Å². The van der Waals surface area contributed by atoms with Crippen molar-refractivity contribution in [3.63, 3.8) is 0 Å². The van der Waals surface area contributed by atoms with Gasteiger partial charge in [0.15, 0.2) is 0 Å². The maximum absolute atomic E-state index is 10.3. The molecule has 72 valence electrons. The number of halogens is 1. The van der Waals surface area contributed by atoms with Crippen molar-refractivity contribution >= 4 is 18.1 Å². The molecule has 0 atom stereocenters. The zero-order chi connectivity index (χ0) is 8.81. The molecule has 1 aromatic rings. The number of nitrogens with zero attached hydrogens (tertiary/aromatic N) is 2. The number of anilines is 1. The van der Waals surface area contributed by atoms with Gasteiger partial charge in [-0.3, -0.25) is 0 Å². The van der Waals surface area contributed by atoms with E-state index < -0.39 is 0 Å². The van der Waals surface area contributed by atoms with Gasteiger partial charge in [-0.25, -0.2) is 5.01 Å². The molecule has 1 rings (SSSR count). The van der Waals surface area contributed by atoms with E-state index in [1.807, 2.05) is 30.3 Å². The van der Waals surface area contributed by atoms with Crippen molar-refractivity contribution < 1.29 is 0 Å². The number of benzene rings is 1. The fraction of sp³-hybridized carbons (Fsp3) is 0.250. The summed E-state index contributed by atoms with van der Waals surface area (Å²) in [6, 6.07) is 9.22. The lowest BCUT2D eigenvalue weighted by molar-refractivity contribution is 0.828. The molecule has 0 unspecified atom stereocenters. The van der Waals surface area contributed by atoms with Gasteiger partial charge >= 0.3 is 0 Å². The second-order valence-electron chi connectivity index (χ2n) is 2.33. The summed E-state index contributed by atoms with van der Waals surface area (Å²) in [5.74, 6) is 0. The number of rotatable bonds is 4. The highest BCUT2D eigenvalue weighted by Crippen LogP contribution is 2.11. The van der Waals surface area contributed by atoms with Crippen LogP contribution in [0.25, 0.3) is 0 Å². The van der Waals surface area contributed by atoms with Crippen LogP contribution in [0.1, 0.15) is 0 Å². The molecule has 0 heterocycles. The van der Waals surface area contributed by atoms with Gasteiger partial charge in [0.2, 0.25) is 0 Å². The molecule has 0 spiro atoms. The van der Waals surface area contributed by atoms with Crippen LogP contribution in [0.4, 0.5) is 5.69 Å². The summed E-state index contributed by atoms with van der Waals surface area (Å²) in [5.41, 5.74) is 6.08. The molecule has 0 saturated heterocycles. The van der Waals surface area contributed by atoms with Crippen molar-refractivity contribution in [1.29, 1.82) is 0 Å². The van der Waals surface area contributed by atoms with Gasteiger partial charge in [-0.05, 0) is 12.1 Å². The van der Waals surface area contributed by atoms with Crippen LogP contribution < -0.4 is 10.7 Å². The van der Waals surface area contributed by atoms with Crippen molar-refractivity contribution in [2.45, 2.75) is 0 Å². The van der Waals surface area contributed by atoms with Gasteiger partial charge in [-0.2, -0.15) is 0 Å². The van der Waals surface area contributed by atoms with Crippen molar-refractivity contribution in [3.05, 3.63) is 35.2 Å². The first-order valence-corrected chi connectivity index (χ1v) is 3.74. The lowest BCUT2D eigenvalue weighted by Crippen LogP contribution is -2.23.